The predicted octanol–water partition coefficient (Wildman–Crippen LogP) is 2.76. The fourth-order valence-electron chi connectivity index (χ4n) is 2.83. The van der Waals surface area contributed by atoms with Crippen LogP contribution in [0, 0.1) is 5.92 Å². The smallest absolute Gasteiger partial charge is 0.324 e. The maximum absolute atomic E-state index is 11.7. The summed E-state index contributed by atoms with van der Waals surface area (Å²) >= 11 is 3.47. The number of hydrogen-bond donors (Lipinski definition) is 2. The Kier molecular flexibility index (Phi) is 3.39. The second kappa shape index (κ2) is 4.91. The maximum Gasteiger partial charge on any atom is 0.324 e. The van der Waals surface area contributed by atoms with Gasteiger partial charge in [0.1, 0.15) is 5.54 Å². The molecule has 0 bridgehead atoms. The standard InChI is InChI=1S/C15H18BrNO2/c16-13-4-3-12-8-15(14(18)19,6-5-11(12)7-13)17-9-10-1-2-10/h3-4,7,10,17H,1-2,5-6,8-9H2,(H,18,19). The van der Waals surface area contributed by atoms with Crippen molar-refractivity contribution in [3.05, 3.63) is 33.8 Å². The highest BCUT2D eigenvalue weighted by atomic mass is 79.9. The minimum absolute atomic E-state index is 0.595. The molecule has 2 aliphatic rings. The molecule has 0 aliphatic heterocycles. The van der Waals surface area contributed by atoms with Crippen molar-refractivity contribution in [1.29, 1.82) is 0 Å². The van der Waals surface area contributed by atoms with E-state index in [2.05, 4.69) is 33.4 Å². The first-order valence-electron chi connectivity index (χ1n) is 6.85. The van der Waals surface area contributed by atoms with Crippen LogP contribution in [0.2, 0.25) is 0 Å². The average Bonchev–Trinajstić information content (AvgIpc) is 3.20. The van der Waals surface area contributed by atoms with Crippen LogP contribution in [0.1, 0.15) is 30.4 Å². The van der Waals surface area contributed by atoms with Crippen molar-refractivity contribution in [3.8, 4) is 0 Å². The Balaban J connectivity index is 1.82. The van der Waals surface area contributed by atoms with Crippen molar-refractivity contribution in [2.75, 3.05) is 6.54 Å². The number of aliphatic carboxylic acids is 1. The first kappa shape index (κ1) is 13.1. The topological polar surface area (TPSA) is 49.3 Å². The Morgan fingerprint density at radius 2 is 2.21 bits per heavy atom. The van der Waals surface area contributed by atoms with Crippen molar-refractivity contribution >= 4 is 21.9 Å². The predicted molar refractivity (Wildman–Crippen MR) is 77.3 cm³/mol. The minimum atomic E-state index is -0.760. The van der Waals surface area contributed by atoms with Crippen LogP contribution in [0.4, 0.5) is 0 Å². The van der Waals surface area contributed by atoms with Gasteiger partial charge in [0.25, 0.3) is 0 Å². The molecule has 1 atom stereocenters. The van der Waals surface area contributed by atoms with Crippen LogP contribution in [-0.4, -0.2) is 23.2 Å². The molecule has 102 valence electrons. The van der Waals surface area contributed by atoms with E-state index in [1.807, 2.05) is 6.07 Å². The maximum atomic E-state index is 11.7. The minimum Gasteiger partial charge on any atom is -0.480 e. The van der Waals surface area contributed by atoms with Gasteiger partial charge in [0, 0.05) is 10.9 Å². The van der Waals surface area contributed by atoms with Gasteiger partial charge < -0.3 is 10.4 Å². The van der Waals surface area contributed by atoms with Crippen molar-refractivity contribution < 1.29 is 9.90 Å². The SMILES string of the molecule is O=C(O)C1(NCC2CC2)CCc2cc(Br)ccc2C1. The monoisotopic (exact) mass is 323 g/mol. The summed E-state index contributed by atoms with van der Waals surface area (Å²) in [6.45, 7) is 0.845. The highest BCUT2D eigenvalue weighted by Crippen LogP contribution is 2.33. The number of fused-ring (bicyclic) bond motifs is 1. The summed E-state index contributed by atoms with van der Waals surface area (Å²) in [5.41, 5.74) is 1.68. The van der Waals surface area contributed by atoms with Gasteiger partial charge in [-0.1, -0.05) is 22.0 Å². The van der Waals surface area contributed by atoms with Crippen molar-refractivity contribution in [3.63, 3.8) is 0 Å². The zero-order valence-corrected chi connectivity index (χ0v) is 12.4. The molecule has 0 aromatic heterocycles. The molecule has 3 nitrogen and oxygen atoms in total. The Labute approximate surface area is 121 Å². The van der Waals surface area contributed by atoms with E-state index in [1.165, 1.54) is 24.0 Å². The number of hydrogen-bond acceptors (Lipinski definition) is 2. The van der Waals surface area contributed by atoms with E-state index >= 15 is 0 Å². The molecular weight excluding hydrogens is 306 g/mol. The normalized spacial score (nSPS) is 25.9. The van der Waals surface area contributed by atoms with E-state index in [9.17, 15) is 9.90 Å². The van der Waals surface area contributed by atoms with Gasteiger partial charge in [-0.05, 0) is 61.4 Å². The summed E-state index contributed by atoms with van der Waals surface area (Å²) < 4.78 is 1.07. The summed E-state index contributed by atoms with van der Waals surface area (Å²) in [6.07, 6.45) is 4.59. The van der Waals surface area contributed by atoms with Crippen LogP contribution < -0.4 is 5.32 Å². The lowest BCUT2D eigenvalue weighted by molar-refractivity contribution is -0.145. The van der Waals surface area contributed by atoms with Gasteiger partial charge in [-0.15, -0.1) is 0 Å². The van der Waals surface area contributed by atoms with Crippen LogP contribution in [0.15, 0.2) is 22.7 Å². The van der Waals surface area contributed by atoms with Crippen LogP contribution in [-0.2, 0) is 17.6 Å². The van der Waals surface area contributed by atoms with Gasteiger partial charge in [0.05, 0.1) is 0 Å². The van der Waals surface area contributed by atoms with E-state index in [4.69, 9.17) is 0 Å². The fraction of sp³-hybridized carbons (Fsp3) is 0.533. The van der Waals surface area contributed by atoms with Crippen LogP contribution in [0.3, 0.4) is 0 Å². The van der Waals surface area contributed by atoms with Gasteiger partial charge in [-0.3, -0.25) is 4.79 Å². The Hall–Kier alpha value is -0.870. The molecule has 1 unspecified atom stereocenters. The zero-order valence-electron chi connectivity index (χ0n) is 10.8. The Bertz CT molecular complexity index is 513. The highest BCUT2D eigenvalue weighted by Gasteiger charge is 2.42. The van der Waals surface area contributed by atoms with Gasteiger partial charge in [0.15, 0.2) is 0 Å². The summed E-state index contributed by atoms with van der Waals surface area (Å²) in [7, 11) is 0. The highest BCUT2D eigenvalue weighted by molar-refractivity contribution is 9.10. The van der Waals surface area contributed by atoms with E-state index in [-0.39, 0.29) is 0 Å². The third-order valence-corrected chi connectivity index (χ3v) is 4.81. The lowest BCUT2D eigenvalue weighted by atomic mass is 9.78. The second-order valence-corrected chi connectivity index (χ2v) is 6.72. The van der Waals surface area contributed by atoms with E-state index in [0.29, 0.717) is 18.8 Å². The molecule has 1 saturated carbocycles. The molecule has 1 aromatic rings. The van der Waals surface area contributed by atoms with Crippen LogP contribution >= 0.6 is 15.9 Å². The number of nitrogens with one attached hydrogen (secondary N) is 1. The van der Waals surface area contributed by atoms with E-state index in [0.717, 1.165) is 17.4 Å². The zero-order chi connectivity index (χ0) is 13.5. The van der Waals surface area contributed by atoms with E-state index in [1.54, 1.807) is 0 Å². The molecule has 0 saturated heterocycles. The average molecular weight is 324 g/mol. The third-order valence-electron chi connectivity index (χ3n) is 4.32. The quantitative estimate of drug-likeness (QED) is 0.895. The molecule has 2 N–H and O–H groups in total. The third kappa shape index (κ3) is 2.70. The Morgan fingerprint density at radius 3 is 2.89 bits per heavy atom. The molecule has 19 heavy (non-hydrogen) atoms. The second-order valence-electron chi connectivity index (χ2n) is 5.80. The molecule has 1 fully saturated rings. The first-order chi connectivity index (χ1) is 9.09. The Morgan fingerprint density at radius 1 is 1.42 bits per heavy atom. The number of carboxylic acid groups (broad SMARTS) is 1. The van der Waals surface area contributed by atoms with Crippen molar-refractivity contribution in [1.82, 2.24) is 5.32 Å². The molecule has 0 spiro atoms. The van der Waals surface area contributed by atoms with Crippen LogP contribution in [0.5, 0.6) is 0 Å². The van der Waals surface area contributed by atoms with Gasteiger partial charge in [-0.25, -0.2) is 0 Å². The van der Waals surface area contributed by atoms with E-state index < -0.39 is 11.5 Å². The van der Waals surface area contributed by atoms with Gasteiger partial charge in [-0.2, -0.15) is 0 Å². The molecule has 4 heteroatoms. The lowest BCUT2D eigenvalue weighted by Crippen LogP contribution is -2.56. The van der Waals surface area contributed by atoms with Crippen LogP contribution in [0.25, 0.3) is 0 Å². The molecule has 3 rings (SSSR count). The van der Waals surface area contributed by atoms with Crippen molar-refractivity contribution in [2.24, 2.45) is 5.92 Å². The summed E-state index contributed by atoms with van der Waals surface area (Å²) in [5.74, 6) is -0.00995. The fourth-order valence-corrected chi connectivity index (χ4v) is 3.24. The first-order valence-corrected chi connectivity index (χ1v) is 7.64. The number of benzene rings is 1. The number of carboxylic acids is 1. The summed E-state index contributed by atoms with van der Waals surface area (Å²) in [5, 5.41) is 13.0. The number of halogens is 1. The number of rotatable bonds is 4. The lowest BCUT2D eigenvalue weighted by Gasteiger charge is -2.35. The molecular formula is C15H18BrNO2. The van der Waals surface area contributed by atoms with Crippen molar-refractivity contribution in [2.45, 2.75) is 37.6 Å². The molecule has 1 aromatic carbocycles. The molecule has 0 amide bonds. The largest absolute Gasteiger partial charge is 0.480 e. The number of carbonyl (C=O) groups is 1. The molecule has 2 aliphatic carbocycles. The van der Waals surface area contributed by atoms with Gasteiger partial charge in [0.2, 0.25) is 0 Å². The molecule has 0 radical (unpaired) electrons. The molecule has 0 heterocycles. The summed E-state index contributed by atoms with van der Waals surface area (Å²) in [4.78, 5) is 11.7. The van der Waals surface area contributed by atoms with Gasteiger partial charge >= 0.3 is 5.97 Å². The number of aryl methyl sites for hydroxylation is 1. The summed E-state index contributed by atoms with van der Waals surface area (Å²) in [6, 6.07) is 6.16.